The zero-order valence-electron chi connectivity index (χ0n) is 14.4. The van der Waals surface area contributed by atoms with Crippen LogP contribution in [-0.2, 0) is 4.79 Å². The number of amides is 1. The Morgan fingerprint density at radius 3 is 2.50 bits per heavy atom. The van der Waals surface area contributed by atoms with Gasteiger partial charge in [-0.25, -0.2) is 14.4 Å². The molecule has 1 fully saturated rings. The maximum Gasteiger partial charge on any atom is 0.260 e. The van der Waals surface area contributed by atoms with E-state index in [9.17, 15) is 14.0 Å². The molecule has 0 atom stereocenters. The van der Waals surface area contributed by atoms with Crippen molar-refractivity contribution in [1.29, 1.82) is 0 Å². The first-order chi connectivity index (χ1) is 12.5. The number of Topliss-reactive ketones (excluding diaryl/α,β-unsaturated/α-hetero) is 1. The fourth-order valence-electron chi connectivity index (χ4n) is 2.74. The monoisotopic (exact) mass is 358 g/mol. The molecule has 1 amide bonds. The number of hydrogen-bond donors (Lipinski definition) is 0. The van der Waals surface area contributed by atoms with Crippen LogP contribution in [0, 0.1) is 5.82 Å². The molecule has 1 aromatic heterocycles. The summed E-state index contributed by atoms with van der Waals surface area (Å²) in [6.45, 7) is 3.45. The fourth-order valence-corrected chi connectivity index (χ4v) is 2.74. The Bertz CT molecular complexity index is 792. The van der Waals surface area contributed by atoms with Crippen molar-refractivity contribution in [2.24, 2.45) is 0 Å². The molecule has 3 rings (SSSR count). The smallest absolute Gasteiger partial charge is 0.260 e. The topological polar surface area (TPSA) is 75.6 Å². The number of benzene rings is 1. The van der Waals surface area contributed by atoms with E-state index >= 15 is 0 Å². The average molecular weight is 358 g/mol. The van der Waals surface area contributed by atoms with Crippen molar-refractivity contribution in [1.82, 2.24) is 14.9 Å². The molecule has 26 heavy (non-hydrogen) atoms. The van der Waals surface area contributed by atoms with Gasteiger partial charge in [-0.15, -0.1) is 0 Å². The van der Waals surface area contributed by atoms with Crippen molar-refractivity contribution >= 4 is 17.6 Å². The van der Waals surface area contributed by atoms with Crippen molar-refractivity contribution < 1.29 is 18.7 Å². The number of rotatable bonds is 5. The number of ether oxygens (including phenoxy) is 1. The van der Waals surface area contributed by atoms with Crippen molar-refractivity contribution in [3.05, 3.63) is 48.0 Å². The summed E-state index contributed by atoms with van der Waals surface area (Å²) in [4.78, 5) is 36.0. The van der Waals surface area contributed by atoms with Crippen molar-refractivity contribution in [2.75, 3.05) is 37.7 Å². The third kappa shape index (κ3) is 4.14. The highest BCUT2D eigenvalue weighted by Gasteiger charge is 2.23. The van der Waals surface area contributed by atoms with Gasteiger partial charge in [-0.2, -0.15) is 0 Å². The molecule has 1 aromatic carbocycles. The van der Waals surface area contributed by atoms with E-state index in [1.54, 1.807) is 23.4 Å². The predicted molar refractivity (Wildman–Crippen MR) is 92.7 cm³/mol. The Kier molecular flexibility index (Phi) is 5.40. The second-order valence-corrected chi connectivity index (χ2v) is 5.90. The highest BCUT2D eigenvalue weighted by molar-refractivity contribution is 5.96. The fraction of sp³-hybridized carbons (Fsp3) is 0.333. The SMILES string of the molecule is CC(=O)c1cc(F)ccc1OCC(=O)N1CCN(c2ncccn2)CC1. The Labute approximate surface area is 150 Å². The quantitative estimate of drug-likeness (QED) is 0.755. The number of carbonyl (C=O) groups excluding carboxylic acids is 2. The predicted octanol–water partition coefficient (Wildman–Crippen LogP) is 1.55. The Hall–Kier alpha value is -3.03. The van der Waals surface area contributed by atoms with Crippen molar-refractivity contribution in [3.8, 4) is 5.75 Å². The molecule has 2 aromatic rings. The first-order valence-corrected chi connectivity index (χ1v) is 8.27. The molecule has 0 bridgehead atoms. The molecule has 0 N–H and O–H groups in total. The van der Waals surface area contributed by atoms with E-state index in [-0.39, 0.29) is 29.6 Å². The minimum atomic E-state index is -0.520. The standard InChI is InChI=1S/C18H19FN4O3/c1-13(24)15-11-14(19)3-4-16(15)26-12-17(25)22-7-9-23(10-8-22)18-20-5-2-6-21-18/h2-6,11H,7-10,12H2,1H3. The Morgan fingerprint density at radius 2 is 1.85 bits per heavy atom. The van der Waals surface area contributed by atoms with Gasteiger partial charge in [0.15, 0.2) is 12.4 Å². The first-order valence-electron chi connectivity index (χ1n) is 8.27. The first kappa shape index (κ1) is 17.8. The molecule has 7 nitrogen and oxygen atoms in total. The van der Waals surface area contributed by atoms with Crippen LogP contribution in [0.15, 0.2) is 36.7 Å². The number of ketones is 1. The van der Waals surface area contributed by atoms with Gasteiger partial charge in [-0.05, 0) is 31.2 Å². The molecular formula is C18H19FN4O3. The molecule has 0 spiro atoms. The average Bonchev–Trinajstić information content (AvgIpc) is 2.67. The van der Waals surface area contributed by atoms with E-state index < -0.39 is 5.82 Å². The van der Waals surface area contributed by atoms with Crippen LogP contribution in [0.3, 0.4) is 0 Å². The molecule has 0 aliphatic carbocycles. The normalized spacial score (nSPS) is 14.2. The van der Waals surface area contributed by atoms with Gasteiger partial charge in [-0.1, -0.05) is 0 Å². The van der Waals surface area contributed by atoms with Crippen LogP contribution in [0.2, 0.25) is 0 Å². The summed E-state index contributed by atoms with van der Waals surface area (Å²) in [5.41, 5.74) is 0.129. The van der Waals surface area contributed by atoms with Gasteiger partial charge in [0.05, 0.1) is 5.56 Å². The summed E-state index contributed by atoms with van der Waals surface area (Å²) < 4.78 is 18.7. The third-order valence-corrected chi connectivity index (χ3v) is 4.14. The number of hydrogen-bond acceptors (Lipinski definition) is 6. The molecule has 8 heteroatoms. The molecule has 1 aliphatic rings. The van der Waals surface area contributed by atoms with Gasteiger partial charge in [0.1, 0.15) is 11.6 Å². The number of carbonyl (C=O) groups is 2. The number of anilines is 1. The van der Waals surface area contributed by atoms with Crippen LogP contribution in [-0.4, -0.2) is 59.3 Å². The van der Waals surface area contributed by atoms with E-state index in [0.29, 0.717) is 32.1 Å². The summed E-state index contributed by atoms with van der Waals surface area (Å²) in [5, 5.41) is 0. The maximum absolute atomic E-state index is 13.3. The largest absolute Gasteiger partial charge is 0.483 e. The molecular weight excluding hydrogens is 339 g/mol. The summed E-state index contributed by atoms with van der Waals surface area (Å²) >= 11 is 0. The summed E-state index contributed by atoms with van der Waals surface area (Å²) in [6, 6.07) is 5.43. The lowest BCUT2D eigenvalue weighted by Crippen LogP contribution is -2.50. The molecule has 0 radical (unpaired) electrons. The Morgan fingerprint density at radius 1 is 1.15 bits per heavy atom. The zero-order valence-corrected chi connectivity index (χ0v) is 14.4. The van der Waals surface area contributed by atoms with Gasteiger partial charge in [0, 0.05) is 38.6 Å². The van der Waals surface area contributed by atoms with Crippen LogP contribution < -0.4 is 9.64 Å². The summed E-state index contributed by atoms with van der Waals surface area (Å²) in [7, 11) is 0. The molecule has 1 saturated heterocycles. The van der Waals surface area contributed by atoms with E-state index in [2.05, 4.69) is 9.97 Å². The van der Waals surface area contributed by atoms with Gasteiger partial charge in [-0.3, -0.25) is 9.59 Å². The molecule has 136 valence electrons. The number of nitrogens with zero attached hydrogens (tertiary/aromatic N) is 4. The van der Waals surface area contributed by atoms with Crippen molar-refractivity contribution in [2.45, 2.75) is 6.92 Å². The van der Waals surface area contributed by atoms with Crippen LogP contribution in [0.5, 0.6) is 5.75 Å². The van der Waals surface area contributed by atoms with E-state index in [0.717, 1.165) is 6.07 Å². The second-order valence-electron chi connectivity index (χ2n) is 5.90. The van der Waals surface area contributed by atoms with Gasteiger partial charge in [0.2, 0.25) is 5.95 Å². The summed E-state index contributed by atoms with van der Waals surface area (Å²) in [6.07, 6.45) is 3.37. The lowest BCUT2D eigenvalue weighted by Gasteiger charge is -2.34. The van der Waals surface area contributed by atoms with Crippen LogP contribution in [0.4, 0.5) is 10.3 Å². The van der Waals surface area contributed by atoms with Gasteiger partial charge in [0.25, 0.3) is 5.91 Å². The van der Waals surface area contributed by atoms with Crippen LogP contribution in [0.1, 0.15) is 17.3 Å². The van der Waals surface area contributed by atoms with Crippen LogP contribution >= 0.6 is 0 Å². The second kappa shape index (κ2) is 7.90. The lowest BCUT2D eigenvalue weighted by atomic mass is 10.1. The minimum absolute atomic E-state index is 0.129. The van der Waals surface area contributed by atoms with E-state index in [1.807, 2.05) is 4.90 Å². The van der Waals surface area contributed by atoms with Gasteiger partial charge < -0.3 is 14.5 Å². The van der Waals surface area contributed by atoms with Crippen LogP contribution in [0.25, 0.3) is 0 Å². The Balaban J connectivity index is 1.55. The highest BCUT2D eigenvalue weighted by atomic mass is 19.1. The third-order valence-electron chi connectivity index (χ3n) is 4.14. The highest BCUT2D eigenvalue weighted by Crippen LogP contribution is 2.20. The molecule has 0 unspecified atom stereocenters. The van der Waals surface area contributed by atoms with Crippen molar-refractivity contribution in [3.63, 3.8) is 0 Å². The van der Waals surface area contributed by atoms with E-state index in [4.69, 9.17) is 4.74 Å². The van der Waals surface area contributed by atoms with Gasteiger partial charge >= 0.3 is 0 Å². The molecule has 2 heterocycles. The van der Waals surface area contributed by atoms with E-state index in [1.165, 1.54) is 19.1 Å². The number of piperazine rings is 1. The maximum atomic E-state index is 13.3. The lowest BCUT2D eigenvalue weighted by molar-refractivity contribution is -0.133. The summed E-state index contributed by atoms with van der Waals surface area (Å²) in [5.74, 6) is -0.161. The minimum Gasteiger partial charge on any atom is -0.483 e. The number of halogens is 1. The zero-order chi connectivity index (χ0) is 18.5. The molecule has 0 saturated carbocycles. The molecule has 1 aliphatic heterocycles. The number of aromatic nitrogens is 2.